The van der Waals surface area contributed by atoms with Crippen molar-refractivity contribution >= 4 is 42.6 Å². The average molecular weight is 810 g/mol. The van der Waals surface area contributed by atoms with Crippen LogP contribution >= 0.6 is 0 Å². The van der Waals surface area contributed by atoms with Crippen LogP contribution in [0, 0.1) is 0 Å². The molecule has 308 valence electrons. The lowest BCUT2D eigenvalue weighted by atomic mass is 10.1. The smallest absolute Gasteiger partial charge is 0.415 e. The van der Waals surface area contributed by atoms with E-state index in [0.717, 1.165) is 24.9 Å². The molecule has 0 aromatic carbocycles. The lowest BCUT2D eigenvalue weighted by Gasteiger charge is -2.56. The Morgan fingerprint density at radius 3 is 0.627 bits per heavy atom. The summed E-state index contributed by atoms with van der Waals surface area (Å²) in [6.45, 7) is 43.8. The van der Waals surface area contributed by atoms with E-state index in [-0.39, 0.29) is 0 Å². The Hall–Kier alpha value is 0.844. The van der Waals surface area contributed by atoms with E-state index >= 15 is 0 Å². The first-order chi connectivity index (χ1) is 23.5. The minimum absolute atomic E-state index is 0.475. The Morgan fingerprint density at radius 1 is 0.275 bits per heavy atom. The van der Waals surface area contributed by atoms with E-state index < -0.39 is 42.6 Å². The third-order valence-electron chi connectivity index (χ3n) is 12.8. The van der Waals surface area contributed by atoms with Gasteiger partial charge in [0, 0.05) is 33.4 Å². The van der Waals surface area contributed by atoms with Crippen molar-refractivity contribution in [2.75, 3.05) is 21.3 Å². The molecule has 51 heavy (non-hydrogen) atoms. The monoisotopic (exact) mass is 809 g/mol. The third-order valence-corrected chi connectivity index (χ3v) is 40.8. The minimum Gasteiger partial charge on any atom is -0.415 e. The van der Waals surface area contributed by atoms with Crippen molar-refractivity contribution in [3.8, 4) is 0 Å². The van der Waals surface area contributed by atoms with Gasteiger partial charge in [0.15, 0.2) is 25.0 Å². The number of hydrogen-bond acceptors (Lipinski definition) is 6. The van der Waals surface area contributed by atoms with Crippen molar-refractivity contribution in [2.45, 2.75) is 238 Å². The molecule has 0 fully saturated rings. The Morgan fingerprint density at radius 2 is 0.451 bits per heavy atom. The topological polar surface area (TPSA) is 55.4 Å². The molecule has 6 nitrogen and oxygen atoms in total. The largest absolute Gasteiger partial charge is 0.500 e. The summed E-state index contributed by atoms with van der Waals surface area (Å²) in [5.41, 5.74) is 4.27. The summed E-state index contributed by atoms with van der Waals surface area (Å²) >= 11 is 0. The summed E-state index contributed by atoms with van der Waals surface area (Å²) in [6.07, 6.45) is 9.65. The van der Waals surface area contributed by atoms with E-state index in [0.29, 0.717) is 49.9 Å². The van der Waals surface area contributed by atoms with Gasteiger partial charge in [-0.25, -0.2) is 0 Å². The molecule has 0 heterocycles. The van der Waals surface area contributed by atoms with Crippen LogP contribution in [-0.4, -0.2) is 63.9 Å². The molecule has 0 spiro atoms. The molecule has 0 bridgehead atoms. The van der Waals surface area contributed by atoms with E-state index in [1.54, 1.807) is 21.3 Å². The zero-order valence-electron chi connectivity index (χ0n) is 38.2. The van der Waals surface area contributed by atoms with E-state index in [1.165, 1.54) is 38.5 Å². The highest BCUT2D eigenvalue weighted by Gasteiger charge is 2.63. The second-order valence-corrected chi connectivity index (χ2v) is 41.5. The Bertz CT molecular complexity index is 764. The first-order valence-corrected chi connectivity index (χ1v) is 31.5. The predicted molar refractivity (Wildman–Crippen MR) is 235 cm³/mol. The molecule has 0 aliphatic carbocycles. The van der Waals surface area contributed by atoms with Gasteiger partial charge in [-0.05, 0) is 62.7 Å². The van der Waals surface area contributed by atoms with Gasteiger partial charge in [0.25, 0.3) is 0 Å². The SMILES string of the molecule is CO[Si](CCCCCCCCCC[Si](O[Si](C(C)C)(C(C)C)C(C)C)(O[Si](C(C)C)(C(C)C)C(C)C)O[Si](C(C)C)(C(C)C)C(C)C)(OC)OC. The number of unbranched alkanes of at least 4 members (excludes halogenated alkanes) is 7. The second kappa shape index (κ2) is 23.2. The van der Waals surface area contributed by atoms with Crippen molar-refractivity contribution in [3.63, 3.8) is 0 Å². The average Bonchev–Trinajstić information content (AvgIpc) is 3.02. The lowest BCUT2D eigenvalue weighted by molar-refractivity contribution is 0.122. The fourth-order valence-corrected chi connectivity index (χ4v) is 42.7. The molecule has 0 unspecified atom stereocenters. The standard InChI is InChI=1S/C40H92O6Si5/c1-32(2)49(33(3)4,34(5)6)44-48(45-50(35(7)8,36(9)10)37(11)12,46-51(38(13)14,39(15)16)40(17)18)31-29-27-25-23-22-24-26-28-30-47(41-19,42-20)43-21/h32-40H,22-31H2,1-21H3. The lowest BCUT2D eigenvalue weighted by Crippen LogP contribution is -2.69. The molecule has 0 saturated heterocycles. The van der Waals surface area contributed by atoms with E-state index in [4.69, 9.17) is 25.6 Å². The van der Waals surface area contributed by atoms with Crippen LogP contribution in [0.3, 0.4) is 0 Å². The maximum Gasteiger partial charge on any atom is 0.500 e. The van der Waals surface area contributed by atoms with Gasteiger partial charge in [0.1, 0.15) is 0 Å². The van der Waals surface area contributed by atoms with Gasteiger partial charge in [0.05, 0.1) is 0 Å². The van der Waals surface area contributed by atoms with Gasteiger partial charge < -0.3 is 25.6 Å². The van der Waals surface area contributed by atoms with Crippen LogP contribution in [0.25, 0.3) is 0 Å². The van der Waals surface area contributed by atoms with Gasteiger partial charge >= 0.3 is 17.6 Å². The second-order valence-electron chi connectivity index (χ2n) is 18.6. The zero-order valence-corrected chi connectivity index (χ0v) is 43.2. The van der Waals surface area contributed by atoms with E-state index in [9.17, 15) is 0 Å². The fraction of sp³-hybridized carbons (Fsp3) is 1.00. The number of rotatable bonds is 29. The van der Waals surface area contributed by atoms with Crippen molar-refractivity contribution in [3.05, 3.63) is 0 Å². The first-order valence-electron chi connectivity index (χ1n) is 21.3. The molecule has 0 amide bonds. The molecule has 0 saturated carbocycles. The van der Waals surface area contributed by atoms with Crippen molar-refractivity contribution in [1.82, 2.24) is 0 Å². The van der Waals surface area contributed by atoms with Crippen LogP contribution in [0.4, 0.5) is 0 Å². The molecule has 0 aromatic rings. The molecular weight excluding hydrogens is 717 g/mol. The summed E-state index contributed by atoms with van der Waals surface area (Å²) < 4.78 is 41.5. The maximum absolute atomic E-state index is 8.22. The normalized spacial score (nSPS) is 14.5. The van der Waals surface area contributed by atoms with Gasteiger partial charge in [-0.1, -0.05) is 163 Å². The van der Waals surface area contributed by atoms with E-state index in [2.05, 4.69) is 125 Å². The van der Waals surface area contributed by atoms with Crippen LogP contribution in [-0.2, 0) is 25.6 Å². The van der Waals surface area contributed by atoms with Gasteiger partial charge in [-0.2, -0.15) is 0 Å². The van der Waals surface area contributed by atoms with Gasteiger partial charge in [-0.3, -0.25) is 0 Å². The Balaban J connectivity index is 6.87. The highest BCUT2D eigenvalue weighted by molar-refractivity contribution is 6.94. The summed E-state index contributed by atoms with van der Waals surface area (Å²) in [5.74, 6) is 0. The van der Waals surface area contributed by atoms with E-state index in [1.807, 2.05) is 0 Å². The number of hydrogen-bond donors (Lipinski definition) is 0. The molecule has 0 aliphatic rings. The van der Waals surface area contributed by atoms with Crippen LogP contribution in [0.2, 0.25) is 62.0 Å². The highest BCUT2D eigenvalue weighted by atomic mass is 28.5. The molecule has 0 N–H and O–H groups in total. The first kappa shape index (κ1) is 51.8. The molecule has 0 aliphatic heterocycles. The van der Waals surface area contributed by atoms with Crippen LogP contribution < -0.4 is 0 Å². The fourth-order valence-electron chi connectivity index (χ4n) is 10.4. The summed E-state index contributed by atoms with van der Waals surface area (Å²) in [7, 11) is -7.62. The van der Waals surface area contributed by atoms with Gasteiger partial charge in [0.2, 0.25) is 0 Å². The molecular formula is C40H92O6Si5. The molecule has 0 rings (SSSR count). The van der Waals surface area contributed by atoms with Crippen LogP contribution in [0.15, 0.2) is 0 Å². The minimum atomic E-state index is -3.23. The molecule has 0 radical (unpaired) electrons. The summed E-state index contributed by atoms with van der Waals surface area (Å²) in [4.78, 5) is 0. The molecule has 0 atom stereocenters. The maximum atomic E-state index is 8.22. The van der Waals surface area contributed by atoms with Crippen molar-refractivity contribution in [2.24, 2.45) is 0 Å². The highest BCUT2D eigenvalue weighted by Crippen LogP contribution is 2.53. The zero-order chi connectivity index (χ0) is 40.0. The Labute approximate surface area is 326 Å². The summed E-state index contributed by atoms with van der Waals surface area (Å²) in [6, 6.07) is 1.84. The molecule has 0 aromatic heterocycles. The molecule has 11 heteroatoms. The van der Waals surface area contributed by atoms with Crippen molar-refractivity contribution in [1.29, 1.82) is 0 Å². The van der Waals surface area contributed by atoms with Crippen LogP contribution in [0.1, 0.15) is 176 Å². The quantitative estimate of drug-likeness (QED) is 0.0554. The third kappa shape index (κ3) is 12.9. The Kier molecular flexibility index (Phi) is 23.5. The van der Waals surface area contributed by atoms with Crippen molar-refractivity contribution < 1.29 is 25.6 Å². The summed E-state index contributed by atoms with van der Waals surface area (Å²) in [5, 5.41) is 0. The predicted octanol–water partition coefficient (Wildman–Crippen LogP) is 14.5. The van der Waals surface area contributed by atoms with Gasteiger partial charge in [-0.15, -0.1) is 0 Å². The van der Waals surface area contributed by atoms with Crippen LogP contribution in [0.5, 0.6) is 0 Å².